The summed E-state index contributed by atoms with van der Waals surface area (Å²) in [5, 5.41) is 13.2. The van der Waals surface area contributed by atoms with E-state index in [9.17, 15) is 5.11 Å². The van der Waals surface area contributed by atoms with Gasteiger partial charge >= 0.3 is 0 Å². The van der Waals surface area contributed by atoms with Gasteiger partial charge in [0.25, 0.3) is 0 Å². The van der Waals surface area contributed by atoms with Crippen LogP contribution < -0.4 is 5.32 Å². The molecule has 2 unspecified atom stereocenters. The Kier molecular flexibility index (Phi) is 4.83. The minimum Gasteiger partial charge on any atom is -0.393 e. The molecular formula is C14H28N2O. The van der Waals surface area contributed by atoms with Gasteiger partial charge in [0.2, 0.25) is 0 Å². The van der Waals surface area contributed by atoms with E-state index >= 15 is 0 Å². The maximum atomic E-state index is 9.48. The standard InChI is InChI=1S/C14H28N2O/c1-11-9-13(7-8-16(11)2)15-10-12-3-5-14(17)6-4-12/h11-15,17H,3-10H2,1-2H3. The number of nitrogens with zero attached hydrogens (tertiary/aromatic N) is 1. The van der Waals surface area contributed by atoms with E-state index in [1.54, 1.807) is 0 Å². The molecule has 0 bridgehead atoms. The first-order valence-corrected chi connectivity index (χ1v) is 7.27. The van der Waals surface area contributed by atoms with E-state index in [4.69, 9.17) is 0 Å². The maximum Gasteiger partial charge on any atom is 0.0540 e. The van der Waals surface area contributed by atoms with Gasteiger partial charge < -0.3 is 15.3 Å². The maximum absolute atomic E-state index is 9.48. The van der Waals surface area contributed by atoms with Gasteiger partial charge in [-0.15, -0.1) is 0 Å². The number of aliphatic hydroxyl groups is 1. The number of rotatable bonds is 3. The number of hydrogen-bond donors (Lipinski definition) is 2. The Morgan fingerprint density at radius 1 is 1.18 bits per heavy atom. The van der Waals surface area contributed by atoms with Crippen LogP contribution in [0.3, 0.4) is 0 Å². The zero-order valence-electron chi connectivity index (χ0n) is 11.4. The van der Waals surface area contributed by atoms with Crippen molar-refractivity contribution in [1.29, 1.82) is 0 Å². The summed E-state index contributed by atoms with van der Waals surface area (Å²) in [6.45, 7) is 4.71. The molecule has 1 saturated heterocycles. The van der Waals surface area contributed by atoms with Crippen molar-refractivity contribution in [3.8, 4) is 0 Å². The molecule has 0 radical (unpaired) electrons. The van der Waals surface area contributed by atoms with Crippen LogP contribution in [0.25, 0.3) is 0 Å². The summed E-state index contributed by atoms with van der Waals surface area (Å²) < 4.78 is 0. The molecule has 2 fully saturated rings. The Morgan fingerprint density at radius 2 is 1.88 bits per heavy atom. The van der Waals surface area contributed by atoms with Crippen molar-refractivity contribution in [1.82, 2.24) is 10.2 Å². The van der Waals surface area contributed by atoms with Gasteiger partial charge in [-0.05, 0) is 71.5 Å². The van der Waals surface area contributed by atoms with Gasteiger partial charge in [0.1, 0.15) is 0 Å². The molecule has 1 aliphatic heterocycles. The third-order valence-electron chi connectivity index (χ3n) is 4.72. The van der Waals surface area contributed by atoms with Crippen LogP contribution in [0.2, 0.25) is 0 Å². The lowest BCUT2D eigenvalue weighted by molar-refractivity contribution is 0.104. The van der Waals surface area contributed by atoms with Gasteiger partial charge in [-0.1, -0.05) is 0 Å². The molecule has 0 amide bonds. The zero-order chi connectivity index (χ0) is 12.3. The lowest BCUT2D eigenvalue weighted by Gasteiger charge is -2.36. The average molecular weight is 240 g/mol. The second-order valence-electron chi connectivity index (χ2n) is 6.13. The molecule has 1 saturated carbocycles. The molecule has 2 N–H and O–H groups in total. The van der Waals surface area contributed by atoms with E-state index in [0.29, 0.717) is 6.04 Å². The largest absolute Gasteiger partial charge is 0.393 e. The highest BCUT2D eigenvalue weighted by atomic mass is 16.3. The zero-order valence-corrected chi connectivity index (χ0v) is 11.4. The van der Waals surface area contributed by atoms with E-state index < -0.39 is 0 Å². The third kappa shape index (κ3) is 3.94. The minimum absolute atomic E-state index is 0.0189. The number of piperidine rings is 1. The molecule has 1 aliphatic carbocycles. The lowest BCUT2D eigenvalue weighted by Crippen LogP contribution is -2.46. The predicted molar refractivity (Wildman–Crippen MR) is 71.1 cm³/mol. The summed E-state index contributed by atoms with van der Waals surface area (Å²) in [5.41, 5.74) is 0. The van der Waals surface area contributed by atoms with Gasteiger partial charge in [-0.2, -0.15) is 0 Å². The number of nitrogens with one attached hydrogen (secondary N) is 1. The van der Waals surface area contributed by atoms with Crippen LogP contribution >= 0.6 is 0 Å². The van der Waals surface area contributed by atoms with Gasteiger partial charge in [0.15, 0.2) is 0 Å². The second kappa shape index (κ2) is 6.17. The monoisotopic (exact) mass is 240 g/mol. The normalized spacial score (nSPS) is 40.4. The molecule has 1 heterocycles. The fourth-order valence-corrected chi connectivity index (χ4v) is 3.16. The first kappa shape index (κ1) is 13.3. The van der Waals surface area contributed by atoms with Crippen molar-refractivity contribution in [2.24, 2.45) is 5.92 Å². The van der Waals surface area contributed by atoms with Crippen molar-refractivity contribution < 1.29 is 5.11 Å². The molecule has 0 aromatic heterocycles. The van der Waals surface area contributed by atoms with Crippen molar-refractivity contribution in [3.63, 3.8) is 0 Å². The lowest BCUT2D eigenvalue weighted by atomic mass is 9.87. The van der Waals surface area contributed by atoms with E-state index in [-0.39, 0.29) is 6.10 Å². The van der Waals surface area contributed by atoms with Crippen LogP contribution in [0, 0.1) is 5.92 Å². The van der Waals surface area contributed by atoms with Crippen LogP contribution in [0.15, 0.2) is 0 Å². The Bertz CT molecular complexity index is 226. The molecular weight excluding hydrogens is 212 g/mol. The van der Waals surface area contributed by atoms with Crippen LogP contribution in [-0.4, -0.2) is 48.3 Å². The molecule has 17 heavy (non-hydrogen) atoms. The van der Waals surface area contributed by atoms with Crippen molar-refractivity contribution in [2.45, 2.75) is 63.6 Å². The number of likely N-dealkylation sites (tertiary alicyclic amines) is 1. The van der Waals surface area contributed by atoms with Crippen molar-refractivity contribution in [2.75, 3.05) is 20.1 Å². The summed E-state index contributed by atoms with van der Waals surface area (Å²) in [6.07, 6.45) is 6.98. The first-order valence-electron chi connectivity index (χ1n) is 7.27. The molecule has 3 heteroatoms. The van der Waals surface area contributed by atoms with Gasteiger partial charge in [-0.3, -0.25) is 0 Å². The highest BCUT2D eigenvalue weighted by Gasteiger charge is 2.24. The summed E-state index contributed by atoms with van der Waals surface area (Å²) in [7, 11) is 2.23. The Hall–Kier alpha value is -0.120. The fourth-order valence-electron chi connectivity index (χ4n) is 3.16. The van der Waals surface area contributed by atoms with Crippen LogP contribution in [0.1, 0.15) is 45.4 Å². The molecule has 2 aliphatic rings. The minimum atomic E-state index is -0.0189. The molecule has 100 valence electrons. The van der Waals surface area contributed by atoms with E-state index in [2.05, 4.69) is 24.2 Å². The topological polar surface area (TPSA) is 35.5 Å². The van der Waals surface area contributed by atoms with Gasteiger partial charge in [-0.25, -0.2) is 0 Å². The quantitative estimate of drug-likeness (QED) is 0.787. The van der Waals surface area contributed by atoms with Crippen LogP contribution in [-0.2, 0) is 0 Å². The average Bonchev–Trinajstić information content (AvgIpc) is 2.33. The van der Waals surface area contributed by atoms with E-state index in [1.165, 1.54) is 32.2 Å². The number of hydrogen-bond acceptors (Lipinski definition) is 3. The summed E-state index contributed by atoms with van der Waals surface area (Å²) in [5.74, 6) is 0.799. The molecule has 0 aromatic carbocycles. The second-order valence-corrected chi connectivity index (χ2v) is 6.13. The molecule has 0 aromatic rings. The van der Waals surface area contributed by atoms with Gasteiger partial charge in [0, 0.05) is 12.1 Å². The van der Waals surface area contributed by atoms with E-state index in [0.717, 1.165) is 31.3 Å². The number of aliphatic hydroxyl groups excluding tert-OH is 1. The summed E-state index contributed by atoms with van der Waals surface area (Å²) in [6, 6.07) is 1.43. The summed E-state index contributed by atoms with van der Waals surface area (Å²) >= 11 is 0. The SMILES string of the molecule is CC1CC(NCC2CCC(O)CC2)CCN1C. The Balaban J connectivity index is 1.65. The molecule has 3 nitrogen and oxygen atoms in total. The van der Waals surface area contributed by atoms with Crippen molar-refractivity contribution in [3.05, 3.63) is 0 Å². The highest BCUT2D eigenvalue weighted by molar-refractivity contribution is 4.82. The van der Waals surface area contributed by atoms with Crippen LogP contribution in [0.5, 0.6) is 0 Å². The van der Waals surface area contributed by atoms with Gasteiger partial charge in [0.05, 0.1) is 6.10 Å². The summed E-state index contributed by atoms with van der Waals surface area (Å²) in [4.78, 5) is 2.45. The molecule has 2 atom stereocenters. The molecule has 0 spiro atoms. The molecule has 2 rings (SSSR count). The van der Waals surface area contributed by atoms with E-state index in [1.807, 2.05) is 0 Å². The predicted octanol–water partition coefficient (Wildman–Crippen LogP) is 1.61. The Morgan fingerprint density at radius 3 is 2.53 bits per heavy atom. The van der Waals surface area contributed by atoms with Crippen LogP contribution in [0.4, 0.5) is 0 Å². The highest BCUT2D eigenvalue weighted by Crippen LogP contribution is 2.24. The smallest absolute Gasteiger partial charge is 0.0540 e. The fraction of sp³-hybridized carbons (Fsp3) is 1.00. The first-order chi connectivity index (χ1) is 8.15. The van der Waals surface area contributed by atoms with Crippen molar-refractivity contribution >= 4 is 0 Å². The third-order valence-corrected chi connectivity index (χ3v) is 4.72. The Labute approximate surface area is 106 Å².